The number of aromatic nitrogens is 3. The number of carbonyl (C=O) groups excluding carboxylic acids is 2. The van der Waals surface area contributed by atoms with Gasteiger partial charge in [-0.15, -0.1) is 10.2 Å². The van der Waals surface area contributed by atoms with Crippen molar-refractivity contribution in [1.29, 1.82) is 0 Å². The maximum atomic E-state index is 12.8. The van der Waals surface area contributed by atoms with E-state index in [2.05, 4.69) is 27.8 Å². The van der Waals surface area contributed by atoms with Crippen LogP contribution in [0.25, 0.3) is 11.1 Å². The van der Waals surface area contributed by atoms with Gasteiger partial charge in [-0.05, 0) is 39.4 Å². The first-order valence-electron chi connectivity index (χ1n) is 17.1. The van der Waals surface area contributed by atoms with Gasteiger partial charge < -0.3 is 34.5 Å². The van der Waals surface area contributed by atoms with Gasteiger partial charge in [0.1, 0.15) is 12.4 Å². The molecule has 3 N–H and O–H groups in total. The SMILES string of the molecule is COC(=O)[C@H](Cc1ccccc1)NC(=O)NCc1cccc(-c2ccc([C@@H]3O[C@H](CSc4nncn4C)[C@H](C)[C@H](c4ccc(CO)cc4)O3)cc2)c1. The number of aliphatic hydroxyl groups excluding tert-OH is 1. The zero-order valence-corrected chi connectivity index (χ0v) is 30.2. The molecule has 4 aromatic carbocycles. The lowest BCUT2D eigenvalue weighted by molar-refractivity contribution is -0.268. The number of nitrogens with zero attached hydrogens (tertiary/aromatic N) is 3. The summed E-state index contributed by atoms with van der Waals surface area (Å²) in [4.78, 5) is 25.2. The molecular weight excluding hydrogens is 679 g/mol. The Hall–Kier alpha value is -5.01. The van der Waals surface area contributed by atoms with Crippen LogP contribution < -0.4 is 10.6 Å². The Bertz CT molecular complexity index is 1920. The van der Waals surface area contributed by atoms with Crippen LogP contribution in [-0.4, -0.2) is 56.9 Å². The van der Waals surface area contributed by atoms with Crippen molar-refractivity contribution in [2.24, 2.45) is 13.0 Å². The zero-order valence-electron chi connectivity index (χ0n) is 29.3. The van der Waals surface area contributed by atoms with E-state index in [0.29, 0.717) is 12.2 Å². The molecule has 0 radical (unpaired) electrons. The first-order valence-corrected chi connectivity index (χ1v) is 18.1. The lowest BCUT2D eigenvalue weighted by Gasteiger charge is -2.41. The van der Waals surface area contributed by atoms with Crippen LogP contribution in [-0.2, 0) is 45.6 Å². The summed E-state index contributed by atoms with van der Waals surface area (Å²) in [6.45, 7) is 2.39. The van der Waals surface area contributed by atoms with E-state index in [1.807, 2.05) is 115 Å². The highest BCUT2D eigenvalue weighted by Gasteiger charge is 2.38. The minimum atomic E-state index is -0.813. The number of carbonyl (C=O) groups is 2. The Morgan fingerprint density at radius 3 is 2.33 bits per heavy atom. The molecule has 0 saturated carbocycles. The number of thioether (sulfide) groups is 1. The number of nitrogens with one attached hydrogen (secondary N) is 2. The lowest BCUT2D eigenvalue weighted by atomic mass is 9.91. The molecule has 5 aromatic rings. The third kappa shape index (κ3) is 9.25. The first-order chi connectivity index (χ1) is 25.3. The quantitative estimate of drug-likeness (QED) is 0.0968. The molecule has 11 nitrogen and oxygen atoms in total. The van der Waals surface area contributed by atoms with Gasteiger partial charge in [-0.3, -0.25) is 0 Å². The van der Waals surface area contributed by atoms with E-state index in [9.17, 15) is 14.7 Å². The molecule has 0 aliphatic carbocycles. The topological polar surface area (TPSA) is 137 Å². The molecule has 1 aliphatic rings. The van der Waals surface area contributed by atoms with Crippen molar-refractivity contribution in [3.05, 3.63) is 137 Å². The summed E-state index contributed by atoms with van der Waals surface area (Å²) in [5.74, 6) is 0.211. The molecule has 270 valence electrons. The van der Waals surface area contributed by atoms with Gasteiger partial charge in [-0.2, -0.15) is 0 Å². The van der Waals surface area contributed by atoms with Crippen LogP contribution in [0.1, 0.15) is 47.1 Å². The van der Waals surface area contributed by atoms with Crippen molar-refractivity contribution in [2.45, 2.75) is 56.2 Å². The van der Waals surface area contributed by atoms with E-state index >= 15 is 0 Å². The minimum Gasteiger partial charge on any atom is -0.467 e. The molecule has 12 heteroatoms. The fourth-order valence-corrected chi connectivity index (χ4v) is 7.19. The molecule has 0 unspecified atom stereocenters. The second-order valence-electron chi connectivity index (χ2n) is 12.8. The van der Waals surface area contributed by atoms with Crippen molar-refractivity contribution >= 4 is 23.8 Å². The molecule has 2 heterocycles. The van der Waals surface area contributed by atoms with Gasteiger partial charge in [-0.1, -0.05) is 116 Å². The molecule has 2 amide bonds. The predicted octanol–water partition coefficient (Wildman–Crippen LogP) is 6.14. The molecule has 1 fully saturated rings. The van der Waals surface area contributed by atoms with E-state index in [1.165, 1.54) is 7.11 Å². The van der Waals surface area contributed by atoms with E-state index in [1.54, 1.807) is 18.1 Å². The highest BCUT2D eigenvalue weighted by Crippen LogP contribution is 2.43. The van der Waals surface area contributed by atoms with Gasteiger partial charge >= 0.3 is 12.0 Å². The number of amides is 2. The predicted molar refractivity (Wildman–Crippen MR) is 198 cm³/mol. The van der Waals surface area contributed by atoms with Gasteiger partial charge in [-0.25, -0.2) is 9.59 Å². The van der Waals surface area contributed by atoms with Crippen LogP contribution in [0.4, 0.5) is 4.79 Å². The lowest BCUT2D eigenvalue weighted by Crippen LogP contribution is -2.47. The van der Waals surface area contributed by atoms with Crippen LogP contribution in [0.5, 0.6) is 0 Å². The van der Waals surface area contributed by atoms with Gasteiger partial charge in [0.2, 0.25) is 0 Å². The summed E-state index contributed by atoms with van der Waals surface area (Å²) in [5, 5.41) is 24.2. The van der Waals surface area contributed by atoms with Crippen molar-refractivity contribution in [3.8, 4) is 11.1 Å². The number of benzene rings is 4. The van der Waals surface area contributed by atoms with Crippen LogP contribution in [0.3, 0.4) is 0 Å². The average molecular weight is 722 g/mol. The first kappa shape index (κ1) is 36.8. The summed E-state index contributed by atoms with van der Waals surface area (Å²) in [6.07, 6.45) is 1.06. The van der Waals surface area contributed by atoms with Crippen molar-refractivity contribution in [2.75, 3.05) is 12.9 Å². The van der Waals surface area contributed by atoms with E-state index in [-0.39, 0.29) is 31.3 Å². The van der Waals surface area contributed by atoms with Crippen LogP contribution >= 0.6 is 11.8 Å². The van der Waals surface area contributed by atoms with Crippen molar-refractivity contribution in [1.82, 2.24) is 25.4 Å². The van der Waals surface area contributed by atoms with Gasteiger partial charge in [0, 0.05) is 37.2 Å². The Morgan fingerprint density at radius 2 is 1.63 bits per heavy atom. The third-order valence-electron chi connectivity index (χ3n) is 9.14. The number of aryl methyl sites for hydroxylation is 1. The summed E-state index contributed by atoms with van der Waals surface area (Å²) in [6, 6.07) is 32.1. The number of hydrogen-bond acceptors (Lipinski definition) is 9. The highest BCUT2D eigenvalue weighted by molar-refractivity contribution is 7.99. The Labute approximate surface area is 307 Å². The molecule has 1 aliphatic heterocycles. The second kappa shape index (κ2) is 17.5. The van der Waals surface area contributed by atoms with Crippen molar-refractivity contribution in [3.63, 3.8) is 0 Å². The molecule has 52 heavy (non-hydrogen) atoms. The number of ether oxygens (including phenoxy) is 3. The normalized spacial score (nSPS) is 19.1. The number of rotatable bonds is 13. The van der Waals surface area contributed by atoms with Crippen molar-refractivity contribution < 1.29 is 28.9 Å². The fourth-order valence-electron chi connectivity index (χ4n) is 6.14. The number of urea groups is 1. The maximum Gasteiger partial charge on any atom is 0.328 e. The molecule has 1 saturated heterocycles. The van der Waals surface area contributed by atoms with Gasteiger partial charge in [0.05, 0.1) is 25.9 Å². The van der Waals surface area contributed by atoms with Gasteiger partial charge in [0.15, 0.2) is 11.4 Å². The third-order valence-corrected chi connectivity index (χ3v) is 10.3. The standard InChI is InChI=1S/C40H43N5O6S/c1-26-35(24-52-40-44-42-25-45(40)2)50-38(51-36(26)31-14-12-28(23-46)13-15-31)32-18-16-30(17-19-32)33-11-7-10-29(20-33)22-41-39(48)43-34(37(47)49-3)21-27-8-5-4-6-9-27/h4-20,25-26,34-36,38,46H,21-24H2,1-3H3,(H2,41,43,48)/t26-,34-,35+,36+,38+/m0/s1. The fraction of sp³-hybridized carbons (Fsp3) is 0.300. The molecular formula is C40H43N5O6S. The highest BCUT2D eigenvalue weighted by atomic mass is 32.2. The van der Waals surface area contributed by atoms with E-state index < -0.39 is 24.3 Å². The summed E-state index contributed by atoms with van der Waals surface area (Å²) in [5.41, 5.74) is 6.57. The van der Waals surface area contributed by atoms with Crippen LogP contribution in [0, 0.1) is 5.92 Å². The zero-order chi connectivity index (χ0) is 36.5. The van der Waals surface area contributed by atoms with Crippen LogP contribution in [0.2, 0.25) is 0 Å². The van der Waals surface area contributed by atoms with E-state index in [0.717, 1.165) is 44.1 Å². The summed E-state index contributed by atoms with van der Waals surface area (Å²) in [7, 11) is 3.23. The Morgan fingerprint density at radius 1 is 0.904 bits per heavy atom. The monoisotopic (exact) mass is 721 g/mol. The average Bonchev–Trinajstić information content (AvgIpc) is 3.60. The van der Waals surface area contributed by atoms with Crippen LogP contribution in [0.15, 0.2) is 115 Å². The Kier molecular flexibility index (Phi) is 12.4. The largest absolute Gasteiger partial charge is 0.467 e. The van der Waals surface area contributed by atoms with Gasteiger partial charge in [0.25, 0.3) is 0 Å². The molecule has 0 bridgehead atoms. The number of aliphatic hydroxyl groups is 1. The molecule has 0 spiro atoms. The number of esters is 1. The minimum absolute atomic E-state index is 0.0161. The molecule has 5 atom stereocenters. The Balaban J connectivity index is 1.12. The maximum absolute atomic E-state index is 12.8. The smallest absolute Gasteiger partial charge is 0.328 e. The summed E-state index contributed by atoms with van der Waals surface area (Å²) >= 11 is 1.60. The number of methoxy groups -OCH3 is 1. The molecule has 6 rings (SSSR count). The summed E-state index contributed by atoms with van der Waals surface area (Å²) < 4.78 is 20.1. The second-order valence-corrected chi connectivity index (χ2v) is 13.8. The number of hydrogen-bond donors (Lipinski definition) is 3. The molecule has 1 aromatic heterocycles. The van der Waals surface area contributed by atoms with E-state index in [4.69, 9.17) is 14.2 Å².